The van der Waals surface area contributed by atoms with Gasteiger partial charge < -0.3 is 14.8 Å². The van der Waals surface area contributed by atoms with Gasteiger partial charge in [-0.1, -0.05) is 6.08 Å². The van der Waals surface area contributed by atoms with E-state index < -0.39 is 19.0 Å². The molecular weight excluding hydrogens is 237 g/mol. The summed E-state index contributed by atoms with van der Waals surface area (Å²) in [6.07, 6.45) is -3.08. The number of nitrogens with zero attached hydrogens (tertiary/aromatic N) is 1. The second-order valence-corrected chi connectivity index (χ2v) is 3.51. The first-order valence-electron chi connectivity index (χ1n) is 5.10. The van der Waals surface area contributed by atoms with E-state index in [9.17, 15) is 13.2 Å². The zero-order chi connectivity index (χ0) is 12.9. The van der Waals surface area contributed by atoms with E-state index in [2.05, 4.69) is 15.0 Å². The lowest BCUT2D eigenvalue weighted by Gasteiger charge is -2.20. The van der Waals surface area contributed by atoms with Gasteiger partial charge in [-0.2, -0.15) is 13.2 Å². The van der Waals surface area contributed by atoms with Gasteiger partial charge in [0.15, 0.2) is 6.23 Å². The van der Waals surface area contributed by atoms with E-state index in [4.69, 9.17) is 4.74 Å². The Balaban J connectivity index is 2.55. The summed E-state index contributed by atoms with van der Waals surface area (Å²) in [7, 11) is 3.19. The first-order chi connectivity index (χ1) is 7.96. The van der Waals surface area contributed by atoms with Gasteiger partial charge in [0, 0.05) is 18.5 Å². The Morgan fingerprint density at radius 1 is 1.53 bits per heavy atom. The minimum atomic E-state index is -4.34. The zero-order valence-corrected chi connectivity index (χ0v) is 9.67. The van der Waals surface area contributed by atoms with E-state index in [0.29, 0.717) is 18.9 Å². The van der Waals surface area contributed by atoms with E-state index in [-0.39, 0.29) is 0 Å². The number of halogens is 3. The van der Waals surface area contributed by atoms with E-state index in [1.54, 1.807) is 13.1 Å². The highest BCUT2D eigenvalue weighted by Gasteiger charge is 2.30. The number of hydrogen-bond donors (Lipinski definition) is 1. The Morgan fingerprint density at radius 2 is 2.24 bits per heavy atom. The summed E-state index contributed by atoms with van der Waals surface area (Å²) < 4.78 is 45.5. The summed E-state index contributed by atoms with van der Waals surface area (Å²) in [5.74, 6) is 0.317. The third-order valence-electron chi connectivity index (χ3n) is 2.10. The maximum Gasteiger partial charge on any atom is 0.411 e. The van der Waals surface area contributed by atoms with E-state index in [1.165, 1.54) is 7.11 Å². The molecule has 1 rings (SSSR count). The molecule has 4 nitrogen and oxygen atoms in total. The molecule has 1 N–H and O–H groups in total. The number of nitrogens with one attached hydrogen (secondary N) is 1. The Bertz CT molecular complexity index is 313. The molecule has 0 bridgehead atoms. The summed E-state index contributed by atoms with van der Waals surface area (Å²) >= 11 is 0. The standard InChI is InChI=1S/C10H15F3N2O2/c1-14-5-7-3-4-8(15-9(7)16-2)17-6-10(11,12)13/h3,8,14H,4-6H2,1-2H3. The van der Waals surface area contributed by atoms with Crippen molar-refractivity contribution in [1.29, 1.82) is 0 Å². The van der Waals surface area contributed by atoms with Crippen LogP contribution in [0, 0.1) is 0 Å². The average molecular weight is 252 g/mol. The molecule has 7 heteroatoms. The molecule has 0 radical (unpaired) electrons. The van der Waals surface area contributed by atoms with Crippen LogP contribution in [0.25, 0.3) is 0 Å². The monoisotopic (exact) mass is 252 g/mol. The molecule has 0 aliphatic carbocycles. The van der Waals surface area contributed by atoms with Gasteiger partial charge in [0.2, 0.25) is 5.90 Å². The largest absolute Gasteiger partial charge is 0.481 e. The summed E-state index contributed by atoms with van der Waals surface area (Å²) in [5, 5.41) is 2.92. The average Bonchev–Trinajstić information content (AvgIpc) is 2.27. The summed E-state index contributed by atoms with van der Waals surface area (Å²) in [4.78, 5) is 3.97. The van der Waals surface area contributed by atoms with Crippen molar-refractivity contribution in [1.82, 2.24) is 5.32 Å². The molecule has 1 heterocycles. The van der Waals surface area contributed by atoms with Crippen LogP contribution in [0.5, 0.6) is 0 Å². The van der Waals surface area contributed by atoms with Gasteiger partial charge in [-0.25, -0.2) is 4.99 Å². The number of aliphatic imine (C=N–C) groups is 1. The van der Waals surface area contributed by atoms with Crippen molar-refractivity contribution in [3.8, 4) is 0 Å². The summed E-state index contributed by atoms with van der Waals surface area (Å²) in [5.41, 5.74) is 0.821. The number of likely N-dealkylation sites (N-methyl/N-ethyl adjacent to an activating group) is 1. The molecule has 0 aromatic carbocycles. The van der Waals surface area contributed by atoms with Crippen LogP contribution in [-0.2, 0) is 9.47 Å². The van der Waals surface area contributed by atoms with Crippen molar-refractivity contribution in [2.75, 3.05) is 27.3 Å². The van der Waals surface area contributed by atoms with Crippen molar-refractivity contribution in [2.24, 2.45) is 4.99 Å². The minimum Gasteiger partial charge on any atom is -0.481 e. The van der Waals surface area contributed by atoms with Gasteiger partial charge in [0.25, 0.3) is 0 Å². The van der Waals surface area contributed by atoms with Crippen molar-refractivity contribution < 1.29 is 22.6 Å². The molecule has 0 aromatic rings. The lowest BCUT2D eigenvalue weighted by atomic mass is 10.1. The molecular formula is C10H15F3N2O2. The normalized spacial score (nSPS) is 20.9. The lowest BCUT2D eigenvalue weighted by Crippen LogP contribution is -2.28. The summed E-state index contributed by atoms with van der Waals surface area (Å²) in [6.45, 7) is -0.744. The van der Waals surface area contributed by atoms with Crippen molar-refractivity contribution >= 4 is 5.90 Å². The van der Waals surface area contributed by atoms with Crippen LogP contribution in [0.2, 0.25) is 0 Å². The Labute approximate surface area is 97.5 Å². The van der Waals surface area contributed by atoms with Crippen LogP contribution < -0.4 is 5.32 Å². The molecule has 1 aliphatic rings. The molecule has 0 fully saturated rings. The first-order valence-corrected chi connectivity index (χ1v) is 5.10. The molecule has 98 valence electrons. The molecule has 17 heavy (non-hydrogen) atoms. The summed E-state index contributed by atoms with van der Waals surface area (Å²) in [6, 6.07) is 0. The molecule has 1 atom stereocenters. The highest BCUT2D eigenvalue weighted by Crippen LogP contribution is 2.19. The Kier molecular flexibility index (Phi) is 4.95. The molecule has 1 unspecified atom stereocenters. The van der Waals surface area contributed by atoms with E-state index >= 15 is 0 Å². The zero-order valence-electron chi connectivity index (χ0n) is 9.67. The second-order valence-electron chi connectivity index (χ2n) is 3.51. The van der Waals surface area contributed by atoms with Crippen LogP contribution >= 0.6 is 0 Å². The van der Waals surface area contributed by atoms with Gasteiger partial charge in [-0.15, -0.1) is 0 Å². The first kappa shape index (κ1) is 14.0. The number of methoxy groups -OCH3 is 1. The highest BCUT2D eigenvalue weighted by atomic mass is 19.4. The molecule has 0 aromatic heterocycles. The van der Waals surface area contributed by atoms with Gasteiger partial charge in [-0.05, 0) is 7.05 Å². The van der Waals surface area contributed by atoms with Crippen molar-refractivity contribution in [2.45, 2.75) is 18.8 Å². The number of alkyl halides is 3. The minimum absolute atomic E-state index is 0.317. The predicted octanol–water partition coefficient (Wildman–Crippen LogP) is 1.49. The molecule has 0 amide bonds. The topological polar surface area (TPSA) is 42.8 Å². The molecule has 0 spiro atoms. The fourth-order valence-corrected chi connectivity index (χ4v) is 1.41. The molecule has 0 saturated carbocycles. The van der Waals surface area contributed by atoms with Crippen molar-refractivity contribution in [3.63, 3.8) is 0 Å². The van der Waals surface area contributed by atoms with Crippen LogP contribution in [0.3, 0.4) is 0 Å². The van der Waals surface area contributed by atoms with Crippen LogP contribution in [0.1, 0.15) is 6.42 Å². The lowest BCUT2D eigenvalue weighted by molar-refractivity contribution is -0.184. The maximum absolute atomic E-state index is 12.0. The third-order valence-corrected chi connectivity index (χ3v) is 2.10. The van der Waals surface area contributed by atoms with Gasteiger partial charge in [-0.3, -0.25) is 0 Å². The number of hydrogen-bond acceptors (Lipinski definition) is 4. The van der Waals surface area contributed by atoms with Crippen molar-refractivity contribution in [3.05, 3.63) is 11.6 Å². The van der Waals surface area contributed by atoms with Crippen LogP contribution in [0.15, 0.2) is 16.6 Å². The number of rotatable bonds is 4. The Hall–Kier alpha value is -1.08. The number of dihydropyridines is 1. The second kappa shape index (κ2) is 6.02. The van der Waals surface area contributed by atoms with Crippen LogP contribution in [0.4, 0.5) is 13.2 Å². The highest BCUT2D eigenvalue weighted by molar-refractivity contribution is 5.94. The predicted molar refractivity (Wildman–Crippen MR) is 56.9 cm³/mol. The van der Waals surface area contributed by atoms with E-state index in [0.717, 1.165) is 5.57 Å². The fourth-order valence-electron chi connectivity index (χ4n) is 1.41. The van der Waals surface area contributed by atoms with Gasteiger partial charge in [0.05, 0.1) is 7.11 Å². The maximum atomic E-state index is 12.0. The van der Waals surface area contributed by atoms with Gasteiger partial charge in [0.1, 0.15) is 6.61 Å². The fraction of sp³-hybridized carbons (Fsp3) is 0.700. The smallest absolute Gasteiger partial charge is 0.411 e. The Morgan fingerprint density at radius 3 is 2.76 bits per heavy atom. The third kappa shape index (κ3) is 4.74. The molecule has 1 aliphatic heterocycles. The van der Waals surface area contributed by atoms with E-state index in [1.807, 2.05) is 0 Å². The van der Waals surface area contributed by atoms with Gasteiger partial charge >= 0.3 is 6.18 Å². The molecule has 0 saturated heterocycles. The van der Waals surface area contributed by atoms with Crippen LogP contribution in [-0.4, -0.2) is 45.6 Å². The SMILES string of the molecule is CNCC1=CCC(OCC(F)(F)F)N=C1OC. The quantitative estimate of drug-likeness (QED) is 0.824. The number of ether oxygens (including phenoxy) is 2.